The van der Waals surface area contributed by atoms with E-state index in [4.69, 9.17) is 0 Å². The second-order valence-corrected chi connectivity index (χ2v) is 5.49. The van der Waals surface area contributed by atoms with E-state index >= 15 is 0 Å². The number of aliphatic hydroxyl groups excluding tert-OH is 1. The molecule has 1 saturated heterocycles. The lowest BCUT2D eigenvalue weighted by Gasteiger charge is -2.39. The van der Waals surface area contributed by atoms with Gasteiger partial charge in [0.1, 0.15) is 0 Å². The Hall–Kier alpha value is -0.610. The molecule has 16 heavy (non-hydrogen) atoms. The lowest BCUT2D eigenvalue weighted by molar-refractivity contribution is -0.127. The van der Waals surface area contributed by atoms with Crippen LogP contribution >= 0.6 is 0 Å². The van der Waals surface area contributed by atoms with Gasteiger partial charge in [0.2, 0.25) is 5.91 Å². The summed E-state index contributed by atoms with van der Waals surface area (Å²) >= 11 is 0. The first-order chi connectivity index (χ1) is 7.62. The lowest BCUT2D eigenvalue weighted by Crippen LogP contribution is -2.53. The van der Waals surface area contributed by atoms with Gasteiger partial charge in [-0.15, -0.1) is 0 Å². The van der Waals surface area contributed by atoms with Crippen LogP contribution in [0.5, 0.6) is 0 Å². The minimum atomic E-state index is -0.263. The normalized spacial score (nSPS) is 35.5. The molecule has 0 aromatic heterocycles. The molecule has 1 saturated carbocycles. The van der Waals surface area contributed by atoms with Gasteiger partial charge in [-0.3, -0.25) is 4.79 Å². The lowest BCUT2D eigenvalue weighted by atomic mass is 9.73. The summed E-state index contributed by atoms with van der Waals surface area (Å²) in [5.41, 5.74) is -0.120. The van der Waals surface area contributed by atoms with E-state index in [1.807, 2.05) is 0 Å². The van der Waals surface area contributed by atoms with Crippen molar-refractivity contribution in [3.8, 4) is 0 Å². The predicted octanol–water partition coefficient (Wildman–Crippen LogP) is 0.263. The highest BCUT2D eigenvalue weighted by atomic mass is 16.3. The van der Waals surface area contributed by atoms with Crippen LogP contribution in [0, 0.1) is 11.3 Å². The number of carbonyl (C=O) groups is 1. The van der Waals surface area contributed by atoms with E-state index in [1.54, 1.807) is 0 Å². The molecule has 0 radical (unpaired) electrons. The Kier molecular flexibility index (Phi) is 3.50. The van der Waals surface area contributed by atoms with Crippen molar-refractivity contribution in [1.82, 2.24) is 10.6 Å². The molecule has 1 aliphatic heterocycles. The average Bonchev–Trinajstić information content (AvgIpc) is 2.18. The molecule has 0 spiro atoms. The highest BCUT2D eigenvalue weighted by Crippen LogP contribution is 2.35. The van der Waals surface area contributed by atoms with Crippen LogP contribution in [0.15, 0.2) is 0 Å². The fourth-order valence-corrected chi connectivity index (χ4v) is 2.50. The van der Waals surface area contributed by atoms with Crippen LogP contribution in [-0.2, 0) is 4.79 Å². The molecule has 0 bridgehead atoms. The molecule has 1 amide bonds. The quantitative estimate of drug-likeness (QED) is 0.647. The van der Waals surface area contributed by atoms with Crippen molar-refractivity contribution < 1.29 is 9.90 Å². The van der Waals surface area contributed by atoms with Gasteiger partial charge in [0.25, 0.3) is 0 Å². The topological polar surface area (TPSA) is 61.4 Å². The molecule has 1 aliphatic carbocycles. The third kappa shape index (κ3) is 2.38. The van der Waals surface area contributed by atoms with E-state index in [-0.39, 0.29) is 23.3 Å². The standard InChI is InChI=1S/C12H22N2O2/c1-12(5-3-2-4-10(12)15)8-14-11(16)9-6-13-7-9/h9-10,13,15H,2-8H2,1H3,(H,14,16). The number of nitrogens with one attached hydrogen (secondary N) is 2. The number of carbonyl (C=O) groups excluding carboxylic acids is 1. The average molecular weight is 226 g/mol. The summed E-state index contributed by atoms with van der Waals surface area (Å²) in [7, 11) is 0. The van der Waals surface area contributed by atoms with Gasteiger partial charge in [0, 0.05) is 25.0 Å². The first-order valence-corrected chi connectivity index (χ1v) is 6.28. The van der Waals surface area contributed by atoms with Gasteiger partial charge in [-0.25, -0.2) is 0 Å². The molecule has 2 aliphatic rings. The molecular formula is C12H22N2O2. The van der Waals surface area contributed by atoms with Crippen LogP contribution in [0.4, 0.5) is 0 Å². The summed E-state index contributed by atoms with van der Waals surface area (Å²) in [6.45, 7) is 4.29. The fourth-order valence-electron chi connectivity index (χ4n) is 2.50. The van der Waals surface area contributed by atoms with E-state index in [1.165, 1.54) is 0 Å². The molecule has 0 aromatic rings. The predicted molar refractivity (Wildman–Crippen MR) is 62.0 cm³/mol. The van der Waals surface area contributed by atoms with Crippen molar-refractivity contribution >= 4 is 5.91 Å². The van der Waals surface area contributed by atoms with Crippen molar-refractivity contribution in [2.45, 2.75) is 38.7 Å². The zero-order valence-corrected chi connectivity index (χ0v) is 9.96. The van der Waals surface area contributed by atoms with Crippen molar-refractivity contribution in [3.05, 3.63) is 0 Å². The van der Waals surface area contributed by atoms with Crippen molar-refractivity contribution in [2.75, 3.05) is 19.6 Å². The first-order valence-electron chi connectivity index (χ1n) is 6.28. The van der Waals surface area contributed by atoms with E-state index in [0.29, 0.717) is 6.54 Å². The van der Waals surface area contributed by atoms with E-state index < -0.39 is 0 Å². The van der Waals surface area contributed by atoms with Gasteiger partial charge in [0.05, 0.1) is 12.0 Å². The Labute approximate surface area is 96.8 Å². The van der Waals surface area contributed by atoms with E-state index in [9.17, 15) is 9.90 Å². The van der Waals surface area contributed by atoms with Crippen LogP contribution in [-0.4, -0.2) is 36.8 Å². The highest BCUT2D eigenvalue weighted by Gasteiger charge is 2.36. The minimum Gasteiger partial charge on any atom is -0.392 e. The molecule has 2 rings (SSSR count). The SMILES string of the molecule is CC1(CNC(=O)C2CNC2)CCCCC1O. The van der Waals surface area contributed by atoms with Crippen molar-refractivity contribution in [1.29, 1.82) is 0 Å². The van der Waals surface area contributed by atoms with Crippen LogP contribution in [0.2, 0.25) is 0 Å². The number of hydrogen-bond acceptors (Lipinski definition) is 3. The molecule has 3 N–H and O–H groups in total. The summed E-state index contributed by atoms with van der Waals surface area (Å²) in [6.07, 6.45) is 3.89. The number of amides is 1. The zero-order chi connectivity index (χ0) is 11.6. The van der Waals surface area contributed by atoms with Gasteiger partial charge in [-0.1, -0.05) is 19.8 Å². The van der Waals surface area contributed by atoms with Crippen LogP contribution < -0.4 is 10.6 Å². The summed E-state index contributed by atoms with van der Waals surface area (Å²) in [5, 5.41) is 16.1. The van der Waals surface area contributed by atoms with Crippen LogP contribution in [0.1, 0.15) is 32.6 Å². The number of hydrogen-bond donors (Lipinski definition) is 3. The third-order valence-electron chi connectivity index (χ3n) is 4.10. The van der Waals surface area contributed by atoms with E-state index in [2.05, 4.69) is 17.6 Å². The summed E-state index contributed by atoms with van der Waals surface area (Å²) in [6, 6.07) is 0. The molecule has 2 atom stereocenters. The third-order valence-corrected chi connectivity index (χ3v) is 4.10. The van der Waals surface area contributed by atoms with Crippen molar-refractivity contribution in [2.24, 2.45) is 11.3 Å². The summed E-state index contributed by atoms with van der Waals surface area (Å²) in [5.74, 6) is 0.280. The number of rotatable bonds is 3. The van der Waals surface area contributed by atoms with Gasteiger partial charge < -0.3 is 15.7 Å². The summed E-state index contributed by atoms with van der Waals surface area (Å²) < 4.78 is 0. The van der Waals surface area contributed by atoms with Crippen LogP contribution in [0.3, 0.4) is 0 Å². The fraction of sp³-hybridized carbons (Fsp3) is 0.917. The Morgan fingerprint density at radius 3 is 2.81 bits per heavy atom. The van der Waals surface area contributed by atoms with Gasteiger partial charge in [0.15, 0.2) is 0 Å². The van der Waals surface area contributed by atoms with Gasteiger partial charge in [-0.05, 0) is 12.8 Å². The Morgan fingerprint density at radius 1 is 1.50 bits per heavy atom. The maximum Gasteiger partial charge on any atom is 0.225 e. The maximum atomic E-state index is 11.7. The van der Waals surface area contributed by atoms with Crippen molar-refractivity contribution in [3.63, 3.8) is 0 Å². The minimum absolute atomic E-state index is 0.120. The van der Waals surface area contributed by atoms with Gasteiger partial charge in [-0.2, -0.15) is 0 Å². The molecule has 1 heterocycles. The first kappa shape index (κ1) is 11.9. The molecule has 0 aromatic carbocycles. The largest absolute Gasteiger partial charge is 0.392 e. The summed E-state index contributed by atoms with van der Waals surface area (Å²) in [4.78, 5) is 11.7. The monoisotopic (exact) mass is 226 g/mol. The molecule has 2 unspecified atom stereocenters. The van der Waals surface area contributed by atoms with Gasteiger partial charge >= 0.3 is 0 Å². The smallest absolute Gasteiger partial charge is 0.225 e. The Balaban J connectivity index is 1.80. The molecule has 92 valence electrons. The maximum absolute atomic E-state index is 11.7. The highest BCUT2D eigenvalue weighted by molar-refractivity contribution is 5.80. The molecule has 2 fully saturated rings. The zero-order valence-electron chi connectivity index (χ0n) is 9.96. The second-order valence-electron chi connectivity index (χ2n) is 5.49. The second kappa shape index (κ2) is 4.72. The molecule has 4 nitrogen and oxygen atoms in total. The van der Waals surface area contributed by atoms with E-state index in [0.717, 1.165) is 38.8 Å². The molecular weight excluding hydrogens is 204 g/mol. The van der Waals surface area contributed by atoms with Crippen LogP contribution in [0.25, 0.3) is 0 Å². The Morgan fingerprint density at radius 2 is 2.25 bits per heavy atom. The Bertz CT molecular complexity index is 266. The molecule has 4 heteroatoms. The number of aliphatic hydroxyl groups is 1.